The van der Waals surface area contributed by atoms with Crippen molar-refractivity contribution in [1.29, 1.82) is 0 Å². The molecule has 1 saturated heterocycles. The van der Waals surface area contributed by atoms with E-state index in [0.717, 1.165) is 50.7 Å². The van der Waals surface area contributed by atoms with Crippen LogP contribution >= 0.6 is 0 Å². The number of piperazine rings is 1. The topological polar surface area (TPSA) is 49.6 Å². The maximum atomic E-state index is 4.42. The molecule has 0 bridgehead atoms. The van der Waals surface area contributed by atoms with Crippen molar-refractivity contribution in [1.82, 2.24) is 24.5 Å². The highest BCUT2D eigenvalue weighted by molar-refractivity contribution is 5.47. The molecule has 0 unspecified atom stereocenters. The SMILES string of the molecule is Cc1cc(N2CCN(CCc3ccccc3)CC2)n2ncnc2n1. The van der Waals surface area contributed by atoms with E-state index in [1.165, 1.54) is 5.56 Å². The summed E-state index contributed by atoms with van der Waals surface area (Å²) in [5.74, 6) is 1.77. The van der Waals surface area contributed by atoms with Crippen molar-refractivity contribution in [2.24, 2.45) is 0 Å². The highest BCUT2D eigenvalue weighted by Crippen LogP contribution is 2.18. The lowest BCUT2D eigenvalue weighted by Crippen LogP contribution is -2.47. The van der Waals surface area contributed by atoms with Crippen molar-refractivity contribution in [3.8, 4) is 0 Å². The average Bonchev–Trinajstić information content (AvgIpc) is 3.09. The van der Waals surface area contributed by atoms with Gasteiger partial charge < -0.3 is 4.90 Å². The van der Waals surface area contributed by atoms with Crippen LogP contribution in [0.3, 0.4) is 0 Å². The zero-order chi connectivity index (χ0) is 16.4. The summed E-state index contributed by atoms with van der Waals surface area (Å²) in [5.41, 5.74) is 2.39. The van der Waals surface area contributed by atoms with E-state index in [0.29, 0.717) is 5.78 Å². The van der Waals surface area contributed by atoms with E-state index in [1.807, 2.05) is 11.4 Å². The third-order valence-corrected chi connectivity index (χ3v) is 4.62. The first-order valence-electron chi connectivity index (χ1n) is 8.48. The van der Waals surface area contributed by atoms with E-state index >= 15 is 0 Å². The van der Waals surface area contributed by atoms with Gasteiger partial charge in [-0.1, -0.05) is 30.3 Å². The Kier molecular flexibility index (Phi) is 4.13. The van der Waals surface area contributed by atoms with Gasteiger partial charge in [-0.2, -0.15) is 14.6 Å². The third-order valence-electron chi connectivity index (χ3n) is 4.62. The Morgan fingerprint density at radius 2 is 1.83 bits per heavy atom. The summed E-state index contributed by atoms with van der Waals surface area (Å²) < 4.78 is 1.84. The van der Waals surface area contributed by atoms with Gasteiger partial charge in [-0.3, -0.25) is 4.90 Å². The molecule has 2 aromatic heterocycles. The zero-order valence-electron chi connectivity index (χ0n) is 14.0. The Morgan fingerprint density at radius 1 is 1.04 bits per heavy atom. The second-order valence-corrected chi connectivity index (χ2v) is 6.29. The number of anilines is 1. The summed E-state index contributed by atoms with van der Waals surface area (Å²) in [7, 11) is 0. The zero-order valence-corrected chi connectivity index (χ0v) is 14.0. The van der Waals surface area contributed by atoms with Gasteiger partial charge in [0.2, 0.25) is 0 Å². The third kappa shape index (κ3) is 3.10. The van der Waals surface area contributed by atoms with Gasteiger partial charge in [-0.05, 0) is 18.9 Å². The molecule has 0 aliphatic carbocycles. The summed E-state index contributed by atoms with van der Waals surface area (Å²) in [6.45, 7) is 7.29. The Morgan fingerprint density at radius 3 is 2.62 bits per heavy atom. The molecule has 4 rings (SSSR count). The van der Waals surface area contributed by atoms with Crippen LogP contribution in [0, 0.1) is 6.92 Å². The van der Waals surface area contributed by atoms with Gasteiger partial charge in [0.05, 0.1) is 0 Å². The number of fused-ring (bicyclic) bond motifs is 1. The van der Waals surface area contributed by atoms with E-state index in [-0.39, 0.29) is 0 Å². The first-order chi connectivity index (χ1) is 11.8. The minimum Gasteiger partial charge on any atom is -0.354 e. The fourth-order valence-electron chi connectivity index (χ4n) is 3.27. The number of aromatic nitrogens is 4. The number of benzene rings is 1. The highest BCUT2D eigenvalue weighted by Gasteiger charge is 2.20. The van der Waals surface area contributed by atoms with Gasteiger partial charge in [0.25, 0.3) is 5.78 Å². The fraction of sp³-hybridized carbons (Fsp3) is 0.389. The van der Waals surface area contributed by atoms with Crippen molar-refractivity contribution in [2.75, 3.05) is 37.6 Å². The minimum atomic E-state index is 0.677. The Hall–Kier alpha value is -2.47. The highest BCUT2D eigenvalue weighted by atomic mass is 15.4. The van der Waals surface area contributed by atoms with Gasteiger partial charge >= 0.3 is 0 Å². The number of hydrogen-bond donors (Lipinski definition) is 0. The van der Waals surface area contributed by atoms with Crippen LogP contribution in [0.15, 0.2) is 42.7 Å². The monoisotopic (exact) mass is 322 g/mol. The largest absolute Gasteiger partial charge is 0.354 e. The number of hydrogen-bond acceptors (Lipinski definition) is 5. The quantitative estimate of drug-likeness (QED) is 0.733. The standard InChI is InChI=1S/C18H22N6/c1-15-13-17(24-18(21-15)19-14-20-24)23-11-9-22(10-12-23)8-7-16-5-3-2-4-6-16/h2-6,13-14H,7-12H2,1H3. The molecule has 0 atom stereocenters. The molecule has 0 saturated carbocycles. The van der Waals surface area contributed by atoms with Crippen LogP contribution in [0.5, 0.6) is 0 Å². The molecular formula is C18H22N6. The fourth-order valence-corrected chi connectivity index (χ4v) is 3.27. The molecule has 124 valence electrons. The normalized spacial score (nSPS) is 16.0. The predicted molar refractivity (Wildman–Crippen MR) is 94.3 cm³/mol. The van der Waals surface area contributed by atoms with E-state index in [9.17, 15) is 0 Å². The minimum absolute atomic E-state index is 0.677. The molecule has 3 heterocycles. The van der Waals surface area contributed by atoms with Crippen LogP contribution in [0.25, 0.3) is 5.78 Å². The molecule has 0 spiro atoms. The molecule has 1 aliphatic heterocycles. The Labute approximate surface area is 141 Å². The van der Waals surface area contributed by atoms with Gasteiger partial charge in [-0.25, -0.2) is 4.98 Å². The van der Waals surface area contributed by atoms with E-state index in [1.54, 1.807) is 6.33 Å². The van der Waals surface area contributed by atoms with Gasteiger partial charge in [-0.15, -0.1) is 0 Å². The second-order valence-electron chi connectivity index (χ2n) is 6.29. The Bertz CT molecular complexity index is 805. The van der Waals surface area contributed by atoms with Crippen molar-refractivity contribution >= 4 is 11.6 Å². The van der Waals surface area contributed by atoms with Gasteiger partial charge in [0.1, 0.15) is 12.1 Å². The second kappa shape index (κ2) is 6.57. The predicted octanol–water partition coefficient (Wildman–Crippen LogP) is 1.80. The summed E-state index contributed by atoms with van der Waals surface area (Å²) in [5, 5.41) is 4.32. The first-order valence-corrected chi connectivity index (χ1v) is 8.48. The molecule has 3 aromatic rings. The molecule has 1 fully saturated rings. The summed E-state index contributed by atoms with van der Waals surface area (Å²) >= 11 is 0. The van der Waals surface area contributed by atoms with Crippen molar-refractivity contribution in [3.63, 3.8) is 0 Å². The molecule has 0 radical (unpaired) electrons. The van der Waals surface area contributed by atoms with Crippen molar-refractivity contribution in [2.45, 2.75) is 13.3 Å². The molecule has 6 nitrogen and oxygen atoms in total. The Balaban J connectivity index is 1.39. The molecule has 6 heteroatoms. The van der Waals surface area contributed by atoms with Crippen LogP contribution < -0.4 is 4.90 Å². The molecule has 1 aliphatic rings. The maximum Gasteiger partial charge on any atom is 0.254 e. The first kappa shape index (κ1) is 15.1. The molecule has 1 aromatic carbocycles. The van der Waals surface area contributed by atoms with Crippen LogP contribution in [0.1, 0.15) is 11.3 Å². The molecule has 24 heavy (non-hydrogen) atoms. The number of rotatable bonds is 4. The van der Waals surface area contributed by atoms with E-state index < -0.39 is 0 Å². The number of nitrogens with zero attached hydrogens (tertiary/aromatic N) is 6. The van der Waals surface area contributed by atoms with Crippen LogP contribution in [-0.4, -0.2) is 57.2 Å². The molecule has 0 N–H and O–H groups in total. The van der Waals surface area contributed by atoms with E-state index in [4.69, 9.17) is 0 Å². The van der Waals surface area contributed by atoms with Crippen LogP contribution in [-0.2, 0) is 6.42 Å². The molecular weight excluding hydrogens is 300 g/mol. The lowest BCUT2D eigenvalue weighted by Gasteiger charge is -2.36. The number of aryl methyl sites for hydroxylation is 1. The lowest BCUT2D eigenvalue weighted by atomic mass is 10.1. The summed E-state index contributed by atoms with van der Waals surface area (Å²) in [6, 6.07) is 12.8. The van der Waals surface area contributed by atoms with Crippen molar-refractivity contribution in [3.05, 3.63) is 54.0 Å². The maximum absolute atomic E-state index is 4.42. The van der Waals surface area contributed by atoms with Crippen molar-refractivity contribution < 1.29 is 0 Å². The van der Waals surface area contributed by atoms with Crippen LogP contribution in [0.4, 0.5) is 5.82 Å². The summed E-state index contributed by atoms with van der Waals surface area (Å²) in [4.78, 5) is 13.6. The lowest BCUT2D eigenvalue weighted by molar-refractivity contribution is 0.260. The smallest absolute Gasteiger partial charge is 0.254 e. The molecule has 0 amide bonds. The van der Waals surface area contributed by atoms with Gasteiger partial charge in [0.15, 0.2) is 0 Å². The average molecular weight is 322 g/mol. The summed E-state index contributed by atoms with van der Waals surface area (Å²) in [6.07, 6.45) is 2.68. The van der Waals surface area contributed by atoms with Gasteiger partial charge in [0, 0.05) is 44.5 Å². The van der Waals surface area contributed by atoms with E-state index in [2.05, 4.69) is 61.3 Å². The van der Waals surface area contributed by atoms with Crippen LogP contribution in [0.2, 0.25) is 0 Å².